The molecule has 0 aromatic carbocycles. The highest BCUT2D eigenvalue weighted by Crippen LogP contribution is 2.18. The molecule has 0 spiro atoms. The average molecular weight is 253 g/mol. The third-order valence-electron chi connectivity index (χ3n) is 2.28. The predicted octanol–water partition coefficient (Wildman–Crippen LogP) is 1.82. The normalized spacial score (nSPS) is 10.7. The summed E-state index contributed by atoms with van der Waals surface area (Å²) in [6.45, 7) is 1.42. The molecule has 0 unspecified atom stereocenters. The highest BCUT2D eigenvalue weighted by Gasteiger charge is 2.17. The third kappa shape index (κ3) is 2.14. The second-order valence-corrected chi connectivity index (χ2v) is 4.10. The molecule has 5 nitrogen and oxygen atoms in total. The van der Waals surface area contributed by atoms with Gasteiger partial charge in [-0.3, -0.25) is 4.79 Å². The minimum Gasteiger partial charge on any atom is -0.476 e. The van der Waals surface area contributed by atoms with Gasteiger partial charge in [0.25, 0.3) is 0 Å². The van der Waals surface area contributed by atoms with E-state index in [1.165, 1.54) is 11.3 Å². The number of aromatic carboxylic acids is 1. The van der Waals surface area contributed by atoms with Gasteiger partial charge in [-0.15, -0.1) is 0 Å². The Morgan fingerprint density at radius 2 is 2.18 bits per heavy atom. The summed E-state index contributed by atoms with van der Waals surface area (Å²) in [6.07, 6.45) is 1.63. The van der Waals surface area contributed by atoms with Crippen LogP contribution in [0.15, 0.2) is 18.3 Å². The maximum Gasteiger partial charge on any atom is 0.356 e. The number of fused-ring (bicyclic) bond motifs is 1. The van der Waals surface area contributed by atoms with Crippen LogP contribution in [-0.4, -0.2) is 26.2 Å². The van der Waals surface area contributed by atoms with E-state index in [-0.39, 0.29) is 17.9 Å². The van der Waals surface area contributed by atoms with Crippen LogP contribution in [0.25, 0.3) is 5.52 Å². The molecule has 88 valence electrons. The summed E-state index contributed by atoms with van der Waals surface area (Å²) in [7, 11) is 0. The number of carbonyl (C=O) groups excluding carboxylic acids is 1. The van der Waals surface area contributed by atoms with Gasteiger partial charge in [0.05, 0.1) is 17.0 Å². The van der Waals surface area contributed by atoms with Gasteiger partial charge < -0.3 is 9.51 Å². The summed E-state index contributed by atoms with van der Waals surface area (Å²) in [5.74, 6) is -0.833. The molecule has 0 aliphatic heterocycles. The highest BCUT2D eigenvalue weighted by molar-refractivity contribution is 6.30. The van der Waals surface area contributed by atoms with Crippen molar-refractivity contribution in [2.45, 2.75) is 13.3 Å². The van der Waals surface area contributed by atoms with E-state index in [1.807, 2.05) is 0 Å². The molecule has 0 atom stereocenters. The van der Waals surface area contributed by atoms with Crippen LogP contribution in [0.1, 0.15) is 23.2 Å². The van der Waals surface area contributed by atoms with Crippen LogP contribution < -0.4 is 0 Å². The summed E-state index contributed by atoms with van der Waals surface area (Å²) in [4.78, 5) is 26.0. The standard InChI is InChI=1S/C11H9ClN2O3/c1-6(15)4-9-13-10(11(16)17)8-3-2-7(12)5-14(8)9/h2-3,5H,4H2,1H3,(H,16,17). The fourth-order valence-corrected chi connectivity index (χ4v) is 1.79. The van der Waals surface area contributed by atoms with Gasteiger partial charge in [-0.05, 0) is 19.1 Å². The number of imidazole rings is 1. The van der Waals surface area contributed by atoms with E-state index < -0.39 is 5.97 Å². The van der Waals surface area contributed by atoms with E-state index in [1.54, 1.807) is 18.3 Å². The topological polar surface area (TPSA) is 71.7 Å². The van der Waals surface area contributed by atoms with Crippen molar-refractivity contribution in [3.8, 4) is 0 Å². The summed E-state index contributed by atoms with van der Waals surface area (Å²) >= 11 is 5.84. The van der Waals surface area contributed by atoms with Gasteiger partial charge in [0.15, 0.2) is 5.69 Å². The lowest BCUT2D eigenvalue weighted by Gasteiger charge is -1.99. The Kier molecular flexibility index (Phi) is 2.85. The van der Waals surface area contributed by atoms with E-state index in [4.69, 9.17) is 16.7 Å². The number of carbonyl (C=O) groups is 2. The van der Waals surface area contributed by atoms with Crippen LogP contribution in [0.3, 0.4) is 0 Å². The quantitative estimate of drug-likeness (QED) is 0.904. The molecule has 0 radical (unpaired) electrons. The first-order chi connectivity index (χ1) is 7.99. The van der Waals surface area contributed by atoms with Gasteiger partial charge in [-0.25, -0.2) is 9.78 Å². The van der Waals surface area contributed by atoms with E-state index in [2.05, 4.69) is 4.98 Å². The summed E-state index contributed by atoms with van der Waals surface area (Å²) in [5, 5.41) is 9.46. The van der Waals surface area contributed by atoms with E-state index in [0.717, 1.165) is 0 Å². The molecule has 6 heteroatoms. The molecule has 2 aromatic heterocycles. The van der Waals surface area contributed by atoms with E-state index in [9.17, 15) is 9.59 Å². The second kappa shape index (κ2) is 4.18. The molecule has 0 amide bonds. The lowest BCUT2D eigenvalue weighted by molar-refractivity contribution is -0.116. The lowest BCUT2D eigenvalue weighted by atomic mass is 10.3. The Hall–Kier alpha value is -1.88. The van der Waals surface area contributed by atoms with Crippen molar-refractivity contribution in [3.05, 3.63) is 34.9 Å². The van der Waals surface area contributed by atoms with Crippen LogP contribution in [0.4, 0.5) is 0 Å². The maximum atomic E-state index is 11.1. The monoisotopic (exact) mass is 252 g/mol. The highest BCUT2D eigenvalue weighted by atomic mass is 35.5. The maximum absolute atomic E-state index is 11.1. The first-order valence-corrected chi connectivity index (χ1v) is 5.26. The lowest BCUT2D eigenvalue weighted by Crippen LogP contribution is -2.02. The smallest absolute Gasteiger partial charge is 0.356 e. The number of hydrogen-bond donors (Lipinski definition) is 1. The van der Waals surface area contributed by atoms with Gasteiger partial charge >= 0.3 is 5.97 Å². The van der Waals surface area contributed by atoms with E-state index >= 15 is 0 Å². The van der Waals surface area contributed by atoms with Crippen LogP contribution in [0.2, 0.25) is 5.02 Å². The van der Waals surface area contributed by atoms with Crippen LogP contribution in [0, 0.1) is 0 Å². The largest absolute Gasteiger partial charge is 0.476 e. The SMILES string of the molecule is CC(=O)Cc1nc(C(=O)O)c2ccc(Cl)cn12. The molecular weight excluding hydrogens is 244 g/mol. The minimum atomic E-state index is -1.13. The molecule has 2 aromatic rings. The van der Waals surface area contributed by atoms with Gasteiger partial charge in [0.1, 0.15) is 11.6 Å². The second-order valence-electron chi connectivity index (χ2n) is 3.66. The van der Waals surface area contributed by atoms with Gasteiger partial charge in [-0.2, -0.15) is 0 Å². The molecule has 1 N–H and O–H groups in total. The van der Waals surface area contributed by atoms with Crippen LogP contribution >= 0.6 is 11.6 Å². The van der Waals surface area contributed by atoms with Crippen molar-refractivity contribution in [2.24, 2.45) is 0 Å². The molecule has 0 saturated heterocycles. The number of aromatic nitrogens is 2. The van der Waals surface area contributed by atoms with Crippen molar-refractivity contribution < 1.29 is 14.7 Å². The number of ketones is 1. The van der Waals surface area contributed by atoms with Crippen molar-refractivity contribution >= 4 is 28.9 Å². The first kappa shape index (κ1) is 11.6. The Bertz CT molecular complexity index is 618. The van der Waals surface area contributed by atoms with Crippen molar-refractivity contribution in [3.63, 3.8) is 0 Å². The molecule has 0 fully saturated rings. The molecule has 17 heavy (non-hydrogen) atoms. The van der Waals surface area contributed by atoms with E-state index in [0.29, 0.717) is 16.4 Å². The Morgan fingerprint density at radius 1 is 1.47 bits per heavy atom. The molecule has 0 aliphatic rings. The number of carboxylic acid groups (broad SMARTS) is 1. The number of Topliss-reactive ketones (excluding diaryl/α,β-unsaturated/α-hetero) is 1. The number of pyridine rings is 1. The Morgan fingerprint density at radius 3 is 2.76 bits per heavy atom. The first-order valence-electron chi connectivity index (χ1n) is 4.88. The zero-order valence-electron chi connectivity index (χ0n) is 8.98. The van der Waals surface area contributed by atoms with Gasteiger partial charge in [0.2, 0.25) is 0 Å². The van der Waals surface area contributed by atoms with Crippen LogP contribution in [0.5, 0.6) is 0 Å². The van der Waals surface area contributed by atoms with Crippen molar-refractivity contribution in [1.82, 2.24) is 9.38 Å². The average Bonchev–Trinajstić information content (AvgIpc) is 2.56. The predicted molar refractivity (Wildman–Crippen MR) is 61.5 cm³/mol. The number of carboxylic acids is 1. The number of nitrogens with zero attached hydrogens (tertiary/aromatic N) is 2. The van der Waals surface area contributed by atoms with Crippen LogP contribution in [-0.2, 0) is 11.2 Å². The molecule has 2 rings (SSSR count). The molecule has 2 heterocycles. The summed E-state index contributed by atoms with van der Waals surface area (Å²) in [6, 6.07) is 3.16. The molecule has 0 saturated carbocycles. The number of halogens is 1. The zero-order valence-corrected chi connectivity index (χ0v) is 9.73. The van der Waals surface area contributed by atoms with Crippen molar-refractivity contribution in [2.75, 3.05) is 0 Å². The molecular formula is C11H9ClN2O3. The fourth-order valence-electron chi connectivity index (χ4n) is 1.63. The zero-order chi connectivity index (χ0) is 12.6. The Balaban J connectivity index is 2.70. The third-order valence-corrected chi connectivity index (χ3v) is 2.51. The number of rotatable bonds is 3. The minimum absolute atomic E-state index is 0.0714. The van der Waals surface area contributed by atoms with Gasteiger partial charge in [0, 0.05) is 6.20 Å². The summed E-state index contributed by atoms with van der Waals surface area (Å²) < 4.78 is 1.53. The van der Waals surface area contributed by atoms with Gasteiger partial charge in [-0.1, -0.05) is 11.6 Å². The summed E-state index contributed by atoms with van der Waals surface area (Å²) in [5.41, 5.74) is 0.357. The fraction of sp³-hybridized carbons (Fsp3) is 0.182. The Labute approximate surface area is 102 Å². The number of hydrogen-bond acceptors (Lipinski definition) is 3. The molecule has 0 bridgehead atoms. The molecule has 0 aliphatic carbocycles. The van der Waals surface area contributed by atoms with Crippen molar-refractivity contribution in [1.29, 1.82) is 0 Å².